The van der Waals surface area contributed by atoms with Gasteiger partial charge in [0.25, 0.3) is 0 Å². The van der Waals surface area contributed by atoms with E-state index in [1.807, 2.05) is 0 Å². The van der Waals surface area contributed by atoms with E-state index in [4.69, 9.17) is 27.9 Å². The lowest BCUT2D eigenvalue weighted by molar-refractivity contribution is 0.0232. The van der Waals surface area contributed by atoms with Gasteiger partial charge in [-0.05, 0) is 25.8 Å². The predicted octanol–water partition coefficient (Wildman–Crippen LogP) is 3.41. The minimum Gasteiger partial charge on any atom is -0.378 e. The third-order valence-corrected chi connectivity index (χ3v) is 3.57. The Kier molecular flexibility index (Phi) is 4.54. The molecule has 1 aromatic rings. The van der Waals surface area contributed by atoms with E-state index in [1.54, 1.807) is 13.1 Å². The molecule has 2 heterocycles. The Labute approximate surface area is 117 Å². The zero-order valence-electron chi connectivity index (χ0n) is 10.5. The van der Waals surface area contributed by atoms with Crippen molar-refractivity contribution in [2.45, 2.75) is 31.9 Å². The van der Waals surface area contributed by atoms with Gasteiger partial charge in [0.1, 0.15) is 11.6 Å². The van der Waals surface area contributed by atoms with Gasteiger partial charge in [-0.3, -0.25) is 0 Å². The van der Waals surface area contributed by atoms with Crippen molar-refractivity contribution in [2.24, 2.45) is 0 Å². The maximum absolute atomic E-state index is 6.15. The molecular formula is C12H17Cl2N3O. The summed E-state index contributed by atoms with van der Waals surface area (Å²) in [7, 11) is 1.78. The molecule has 1 saturated heterocycles. The lowest BCUT2D eigenvalue weighted by atomic mass is 10.0. The lowest BCUT2D eigenvalue weighted by Crippen LogP contribution is -2.32. The number of hydrogen-bond acceptors (Lipinski definition) is 4. The zero-order chi connectivity index (χ0) is 13.1. The summed E-state index contributed by atoms with van der Waals surface area (Å²) >= 11 is 12.2. The molecule has 2 N–H and O–H groups in total. The van der Waals surface area contributed by atoms with E-state index in [-0.39, 0.29) is 6.10 Å². The van der Waals surface area contributed by atoms with E-state index in [0.29, 0.717) is 27.7 Å². The van der Waals surface area contributed by atoms with Crippen LogP contribution in [0.4, 0.5) is 11.6 Å². The second kappa shape index (κ2) is 5.95. The first-order chi connectivity index (χ1) is 8.60. The van der Waals surface area contributed by atoms with Crippen LogP contribution in [0.1, 0.15) is 19.8 Å². The summed E-state index contributed by atoms with van der Waals surface area (Å²) in [6.45, 7) is 2.84. The van der Waals surface area contributed by atoms with Crippen molar-refractivity contribution in [1.29, 1.82) is 0 Å². The van der Waals surface area contributed by atoms with Crippen molar-refractivity contribution >= 4 is 34.8 Å². The smallest absolute Gasteiger partial charge is 0.147 e. The minimum absolute atomic E-state index is 0.270. The first-order valence-electron chi connectivity index (χ1n) is 6.02. The number of aromatic nitrogens is 1. The van der Waals surface area contributed by atoms with Crippen LogP contribution in [-0.4, -0.2) is 30.8 Å². The van der Waals surface area contributed by atoms with Crippen molar-refractivity contribution in [3.63, 3.8) is 0 Å². The lowest BCUT2D eigenvalue weighted by Gasteiger charge is -2.28. The summed E-state index contributed by atoms with van der Waals surface area (Å²) in [4.78, 5) is 4.38. The van der Waals surface area contributed by atoms with Crippen LogP contribution in [0, 0.1) is 0 Å². The second-order valence-corrected chi connectivity index (χ2v) is 5.26. The van der Waals surface area contributed by atoms with Crippen LogP contribution in [-0.2, 0) is 4.74 Å². The Balaban J connectivity index is 2.13. The number of nitrogens with zero attached hydrogens (tertiary/aromatic N) is 1. The summed E-state index contributed by atoms with van der Waals surface area (Å²) < 4.78 is 5.51. The average molecular weight is 290 g/mol. The highest BCUT2D eigenvalue weighted by atomic mass is 35.5. The van der Waals surface area contributed by atoms with Gasteiger partial charge in [0.05, 0.1) is 16.1 Å². The molecule has 0 aromatic carbocycles. The standard InChI is InChI=1S/C12H17Cl2N3O/c1-7-5-8(3-4-18-7)16-12-10(14)6-9(13)11(15-2)17-12/h6-8H,3-5H2,1-2H3,(H2,15,16,17). The summed E-state index contributed by atoms with van der Waals surface area (Å²) in [6.07, 6.45) is 2.18. The maximum atomic E-state index is 6.15. The van der Waals surface area contributed by atoms with Gasteiger partial charge < -0.3 is 15.4 Å². The summed E-state index contributed by atoms with van der Waals surface area (Å²) in [5.74, 6) is 1.30. The molecule has 1 aliphatic heterocycles. The van der Waals surface area contributed by atoms with E-state index < -0.39 is 0 Å². The fraction of sp³-hybridized carbons (Fsp3) is 0.583. The minimum atomic E-state index is 0.270. The number of halogens is 2. The Morgan fingerprint density at radius 1 is 1.33 bits per heavy atom. The molecule has 4 nitrogen and oxygen atoms in total. The second-order valence-electron chi connectivity index (χ2n) is 4.45. The molecule has 18 heavy (non-hydrogen) atoms. The van der Waals surface area contributed by atoms with Crippen molar-refractivity contribution in [2.75, 3.05) is 24.3 Å². The number of ether oxygens (including phenoxy) is 1. The third kappa shape index (κ3) is 3.19. The molecule has 1 fully saturated rings. The van der Waals surface area contributed by atoms with E-state index in [1.165, 1.54) is 0 Å². The molecule has 1 aliphatic rings. The first kappa shape index (κ1) is 13.7. The Morgan fingerprint density at radius 2 is 2.06 bits per heavy atom. The van der Waals surface area contributed by atoms with Crippen LogP contribution in [0.5, 0.6) is 0 Å². The average Bonchev–Trinajstić information content (AvgIpc) is 2.33. The van der Waals surface area contributed by atoms with Crippen molar-refractivity contribution in [3.8, 4) is 0 Å². The van der Waals surface area contributed by atoms with Gasteiger partial charge in [-0.2, -0.15) is 0 Å². The third-order valence-electron chi connectivity index (χ3n) is 2.99. The van der Waals surface area contributed by atoms with Gasteiger partial charge in [-0.1, -0.05) is 23.2 Å². The van der Waals surface area contributed by atoms with Crippen LogP contribution < -0.4 is 10.6 Å². The van der Waals surface area contributed by atoms with Crippen molar-refractivity contribution in [3.05, 3.63) is 16.1 Å². The number of rotatable bonds is 3. The molecule has 0 radical (unpaired) electrons. The van der Waals surface area contributed by atoms with Crippen molar-refractivity contribution < 1.29 is 4.74 Å². The fourth-order valence-electron chi connectivity index (χ4n) is 2.07. The van der Waals surface area contributed by atoms with E-state index >= 15 is 0 Å². The highest BCUT2D eigenvalue weighted by Gasteiger charge is 2.20. The molecule has 0 amide bonds. The van der Waals surface area contributed by atoms with E-state index in [0.717, 1.165) is 19.4 Å². The first-order valence-corrected chi connectivity index (χ1v) is 6.77. The molecular weight excluding hydrogens is 273 g/mol. The largest absolute Gasteiger partial charge is 0.378 e. The fourth-order valence-corrected chi connectivity index (χ4v) is 2.57. The molecule has 1 aromatic heterocycles. The van der Waals surface area contributed by atoms with Gasteiger partial charge in [-0.25, -0.2) is 4.98 Å². The molecule has 0 bridgehead atoms. The Hall–Kier alpha value is -0.710. The number of nitrogens with one attached hydrogen (secondary N) is 2. The van der Waals surface area contributed by atoms with Gasteiger partial charge in [0.15, 0.2) is 0 Å². The van der Waals surface area contributed by atoms with Crippen LogP contribution in [0.15, 0.2) is 6.07 Å². The zero-order valence-corrected chi connectivity index (χ0v) is 12.0. The van der Waals surface area contributed by atoms with E-state index in [9.17, 15) is 0 Å². The maximum Gasteiger partial charge on any atom is 0.147 e. The van der Waals surface area contributed by atoms with Gasteiger partial charge in [-0.15, -0.1) is 0 Å². The van der Waals surface area contributed by atoms with Crippen LogP contribution in [0.25, 0.3) is 0 Å². The van der Waals surface area contributed by atoms with E-state index in [2.05, 4.69) is 22.5 Å². The summed E-state index contributed by atoms with van der Waals surface area (Å²) in [5, 5.41) is 7.36. The molecule has 100 valence electrons. The van der Waals surface area contributed by atoms with Gasteiger partial charge >= 0.3 is 0 Å². The quantitative estimate of drug-likeness (QED) is 0.895. The molecule has 6 heteroatoms. The highest BCUT2D eigenvalue weighted by Crippen LogP contribution is 2.30. The Bertz CT molecular complexity index is 428. The normalized spacial score (nSPS) is 23.8. The topological polar surface area (TPSA) is 46.2 Å². The monoisotopic (exact) mass is 289 g/mol. The van der Waals surface area contributed by atoms with Crippen LogP contribution in [0.2, 0.25) is 10.0 Å². The molecule has 2 rings (SSSR count). The SMILES string of the molecule is CNc1nc(NC2CCOC(C)C2)c(Cl)cc1Cl. The molecule has 0 aliphatic carbocycles. The van der Waals surface area contributed by atoms with Crippen LogP contribution >= 0.6 is 23.2 Å². The molecule has 2 unspecified atom stereocenters. The van der Waals surface area contributed by atoms with Gasteiger partial charge in [0, 0.05) is 19.7 Å². The number of anilines is 2. The van der Waals surface area contributed by atoms with Gasteiger partial charge in [0.2, 0.25) is 0 Å². The highest BCUT2D eigenvalue weighted by molar-refractivity contribution is 6.37. The molecule has 0 saturated carbocycles. The predicted molar refractivity (Wildman–Crippen MR) is 75.9 cm³/mol. The molecule has 2 atom stereocenters. The number of hydrogen-bond donors (Lipinski definition) is 2. The molecule has 0 spiro atoms. The Morgan fingerprint density at radius 3 is 2.72 bits per heavy atom. The van der Waals surface area contributed by atoms with Crippen LogP contribution in [0.3, 0.4) is 0 Å². The van der Waals surface area contributed by atoms with Crippen molar-refractivity contribution in [1.82, 2.24) is 4.98 Å². The summed E-state index contributed by atoms with van der Waals surface area (Å²) in [5.41, 5.74) is 0. The number of pyridine rings is 1. The summed E-state index contributed by atoms with van der Waals surface area (Å²) in [6, 6.07) is 2.04.